The maximum absolute atomic E-state index is 12.6. The average molecular weight is 392 g/mol. The molecule has 0 amide bonds. The van der Waals surface area contributed by atoms with E-state index in [-0.39, 0.29) is 12.4 Å². The highest BCUT2D eigenvalue weighted by Gasteiger charge is 2.30. The van der Waals surface area contributed by atoms with Crippen LogP contribution >= 0.6 is 12.4 Å². The molecular weight excluding hydrogens is 363 g/mol. The number of hydrogen-bond acceptors (Lipinski definition) is 3. The SMILES string of the molecule is Cl.FC(F)(F)c1ccc(CN2CCCN(CC3CCCNC3)CC2)cc1. The van der Waals surface area contributed by atoms with E-state index in [1.54, 1.807) is 12.1 Å². The van der Waals surface area contributed by atoms with Gasteiger partial charge in [0.1, 0.15) is 0 Å². The Morgan fingerprint density at radius 3 is 2.31 bits per heavy atom. The van der Waals surface area contributed by atoms with Crippen LogP contribution in [0.1, 0.15) is 30.4 Å². The van der Waals surface area contributed by atoms with Crippen molar-refractivity contribution in [2.24, 2.45) is 5.92 Å². The predicted molar refractivity (Wildman–Crippen MR) is 101 cm³/mol. The Balaban J connectivity index is 0.00000243. The maximum atomic E-state index is 12.6. The van der Waals surface area contributed by atoms with E-state index in [0.29, 0.717) is 0 Å². The first-order valence-corrected chi connectivity index (χ1v) is 9.32. The van der Waals surface area contributed by atoms with Crippen LogP contribution in [0.25, 0.3) is 0 Å². The van der Waals surface area contributed by atoms with Gasteiger partial charge < -0.3 is 10.2 Å². The molecule has 3 nitrogen and oxygen atoms in total. The highest BCUT2D eigenvalue weighted by atomic mass is 35.5. The lowest BCUT2D eigenvalue weighted by atomic mass is 9.99. The molecule has 2 aliphatic heterocycles. The smallest absolute Gasteiger partial charge is 0.316 e. The number of hydrogen-bond donors (Lipinski definition) is 1. The molecule has 1 N–H and O–H groups in total. The van der Waals surface area contributed by atoms with Gasteiger partial charge in [0.15, 0.2) is 0 Å². The summed E-state index contributed by atoms with van der Waals surface area (Å²) < 4.78 is 37.9. The minimum atomic E-state index is -4.25. The summed E-state index contributed by atoms with van der Waals surface area (Å²) in [6.45, 7) is 8.36. The third-order valence-electron chi connectivity index (χ3n) is 5.28. The summed E-state index contributed by atoms with van der Waals surface area (Å²) in [4.78, 5) is 4.92. The Labute approximate surface area is 160 Å². The minimum Gasteiger partial charge on any atom is -0.316 e. The molecule has 0 saturated carbocycles. The predicted octanol–water partition coefficient (Wildman–Crippen LogP) is 3.63. The number of nitrogens with one attached hydrogen (secondary N) is 1. The molecule has 7 heteroatoms. The highest BCUT2D eigenvalue weighted by molar-refractivity contribution is 5.85. The maximum Gasteiger partial charge on any atom is 0.416 e. The molecule has 148 valence electrons. The second kappa shape index (κ2) is 9.93. The fraction of sp³-hybridized carbons (Fsp3) is 0.684. The van der Waals surface area contributed by atoms with Crippen molar-refractivity contribution < 1.29 is 13.2 Å². The van der Waals surface area contributed by atoms with Crippen molar-refractivity contribution in [3.63, 3.8) is 0 Å². The van der Waals surface area contributed by atoms with Gasteiger partial charge >= 0.3 is 6.18 Å². The normalized spacial score (nSPS) is 23.3. The topological polar surface area (TPSA) is 18.5 Å². The lowest BCUT2D eigenvalue weighted by Gasteiger charge is -2.29. The zero-order valence-electron chi connectivity index (χ0n) is 15.1. The van der Waals surface area contributed by atoms with E-state index < -0.39 is 11.7 Å². The molecule has 0 aromatic heterocycles. The van der Waals surface area contributed by atoms with Crippen molar-refractivity contribution >= 4 is 12.4 Å². The van der Waals surface area contributed by atoms with Crippen molar-refractivity contribution in [3.8, 4) is 0 Å². The van der Waals surface area contributed by atoms with Gasteiger partial charge in [-0.25, -0.2) is 0 Å². The van der Waals surface area contributed by atoms with E-state index in [2.05, 4.69) is 15.1 Å². The van der Waals surface area contributed by atoms with Crippen molar-refractivity contribution in [2.45, 2.75) is 32.0 Å². The van der Waals surface area contributed by atoms with E-state index in [4.69, 9.17) is 0 Å². The van der Waals surface area contributed by atoms with Gasteiger partial charge in [-0.15, -0.1) is 12.4 Å². The third-order valence-corrected chi connectivity index (χ3v) is 5.28. The zero-order chi connectivity index (χ0) is 17.7. The van der Waals surface area contributed by atoms with Crippen LogP contribution in [-0.2, 0) is 12.7 Å². The molecule has 2 aliphatic rings. The van der Waals surface area contributed by atoms with Crippen LogP contribution in [0.4, 0.5) is 13.2 Å². The van der Waals surface area contributed by atoms with Gasteiger partial charge in [0.25, 0.3) is 0 Å². The summed E-state index contributed by atoms with van der Waals surface area (Å²) in [7, 11) is 0. The summed E-state index contributed by atoms with van der Waals surface area (Å²) in [5, 5.41) is 3.48. The molecule has 26 heavy (non-hydrogen) atoms. The van der Waals surface area contributed by atoms with Gasteiger partial charge in [-0.2, -0.15) is 13.2 Å². The molecule has 0 bridgehead atoms. The van der Waals surface area contributed by atoms with Crippen LogP contribution < -0.4 is 5.32 Å². The first-order chi connectivity index (χ1) is 12.0. The Bertz CT molecular complexity index is 530. The molecule has 3 rings (SSSR count). The van der Waals surface area contributed by atoms with Crippen LogP contribution in [0, 0.1) is 5.92 Å². The number of alkyl halides is 3. The first kappa shape index (κ1) is 21.5. The second-order valence-corrected chi connectivity index (χ2v) is 7.34. The van der Waals surface area contributed by atoms with E-state index >= 15 is 0 Å². The summed E-state index contributed by atoms with van der Waals surface area (Å²) in [5.74, 6) is 0.759. The molecule has 1 atom stereocenters. The molecule has 0 aliphatic carbocycles. The zero-order valence-corrected chi connectivity index (χ0v) is 15.9. The molecule has 2 heterocycles. The largest absolute Gasteiger partial charge is 0.416 e. The molecule has 2 fully saturated rings. The second-order valence-electron chi connectivity index (χ2n) is 7.34. The fourth-order valence-corrected chi connectivity index (χ4v) is 3.87. The molecule has 1 aromatic rings. The van der Waals surface area contributed by atoms with Crippen LogP contribution in [0.2, 0.25) is 0 Å². The molecule has 1 unspecified atom stereocenters. The third kappa shape index (κ3) is 6.41. The summed E-state index contributed by atoms with van der Waals surface area (Å²) >= 11 is 0. The summed E-state index contributed by atoms with van der Waals surface area (Å²) in [6, 6.07) is 5.60. The molecule has 2 saturated heterocycles. The van der Waals surface area contributed by atoms with Gasteiger partial charge in [0.2, 0.25) is 0 Å². The van der Waals surface area contributed by atoms with Crippen molar-refractivity contribution in [1.82, 2.24) is 15.1 Å². The Kier molecular flexibility index (Phi) is 8.20. The van der Waals surface area contributed by atoms with Crippen molar-refractivity contribution in [3.05, 3.63) is 35.4 Å². The standard InChI is InChI=1S/C19H28F3N3.ClH/c20-19(21,22)18-6-4-16(5-7-18)14-24-9-2-10-25(12-11-24)15-17-3-1-8-23-13-17;/h4-7,17,23H,1-3,8-15H2;1H. The summed E-state index contributed by atoms with van der Waals surface area (Å²) in [6.07, 6.45) is -0.534. The lowest BCUT2D eigenvalue weighted by molar-refractivity contribution is -0.137. The van der Waals surface area contributed by atoms with Crippen LogP contribution in [0.15, 0.2) is 24.3 Å². The monoisotopic (exact) mass is 391 g/mol. The molecule has 1 aromatic carbocycles. The minimum absolute atomic E-state index is 0. The Morgan fingerprint density at radius 2 is 1.65 bits per heavy atom. The van der Waals surface area contributed by atoms with Gasteiger partial charge in [-0.05, 0) is 69.1 Å². The van der Waals surface area contributed by atoms with Gasteiger partial charge in [0.05, 0.1) is 5.56 Å². The molecule has 0 radical (unpaired) electrons. The lowest BCUT2D eigenvalue weighted by Crippen LogP contribution is -2.39. The number of nitrogens with zero attached hydrogens (tertiary/aromatic N) is 2. The first-order valence-electron chi connectivity index (χ1n) is 9.32. The van der Waals surface area contributed by atoms with E-state index in [1.807, 2.05) is 0 Å². The van der Waals surface area contributed by atoms with Gasteiger partial charge in [-0.3, -0.25) is 4.90 Å². The molecular formula is C19H29ClF3N3. The quantitative estimate of drug-likeness (QED) is 0.845. The summed E-state index contributed by atoms with van der Waals surface area (Å²) in [5.41, 5.74) is 0.386. The van der Waals surface area contributed by atoms with Crippen LogP contribution in [0.3, 0.4) is 0 Å². The number of rotatable bonds is 4. The van der Waals surface area contributed by atoms with Crippen LogP contribution in [0.5, 0.6) is 0 Å². The van der Waals surface area contributed by atoms with E-state index in [1.165, 1.54) is 31.5 Å². The number of benzene rings is 1. The Hall–Kier alpha value is -0.820. The average Bonchev–Trinajstić information content (AvgIpc) is 2.81. The van der Waals surface area contributed by atoms with Gasteiger partial charge in [0, 0.05) is 26.2 Å². The highest BCUT2D eigenvalue weighted by Crippen LogP contribution is 2.29. The van der Waals surface area contributed by atoms with Crippen LogP contribution in [-0.4, -0.2) is 55.6 Å². The van der Waals surface area contributed by atoms with E-state index in [0.717, 1.165) is 63.7 Å². The fourth-order valence-electron chi connectivity index (χ4n) is 3.87. The molecule has 0 spiro atoms. The van der Waals surface area contributed by atoms with Crippen molar-refractivity contribution in [2.75, 3.05) is 45.8 Å². The van der Waals surface area contributed by atoms with Gasteiger partial charge in [-0.1, -0.05) is 12.1 Å². The Morgan fingerprint density at radius 1 is 0.962 bits per heavy atom. The van der Waals surface area contributed by atoms with E-state index in [9.17, 15) is 13.2 Å². The number of piperidine rings is 1. The van der Waals surface area contributed by atoms with Crippen molar-refractivity contribution in [1.29, 1.82) is 0 Å². The number of halogens is 4.